The summed E-state index contributed by atoms with van der Waals surface area (Å²) in [4.78, 5) is 28.9. The molecule has 0 aliphatic carbocycles. The lowest BCUT2D eigenvalue weighted by Gasteiger charge is -2.11. The molecule has 1 aromatic carbocycles. The summed E-state index contributed by atoms with van der Waals surface area (Å²) < 4.78 is 1.55. The first-order chi connectivity index (χ1) is 12.4. The van der Waals surface area contributed by atoms with E-state index < -0.39 is 11.3 Å². The van der Waals surface area contributed by atoms with Crippen LogP contribution >= 0.6 is 22.9 Å². The summed E-state index contributed by atoms with van der Waals surface area (Å²) in [7, 11) is 0. The molecule has 1 amide bonds. The quantitative estimate of drug-likeness (QED) is 0.729. The van der Waals surface area contributed by atoms with Gasteiger partial charge in [0.15, 0.2) is 5.69 Å². The minimum Gasteiger partial charge on any atom is -0.350 e. The van der Waals surface area contributed by atoms with Gasteiger partial charge in [-0.25, -0.2) is 9.67 Å². The van der Waals surface area contributed by atoms with Crippen molar-refractivity contribution in [3.05, 3.63) is 73.0 Å². The molecular formula is C18H17ClN4O2S. The van der Waals surface area contributed by atoms with Crippen LogP contribution in [0.2, 0.25) is 5.02 Å². The van der Waals surface area contributed by atoms with E-state index in [0.717, 1.165) is 16.4 Å². The van der Waals surface area contributed by atoms with Crippen LogP contribution in [0.4, 0.5) is 0 Å². The van der Waals surface area contributed by atoms with Crippen molar-refractivity contribution in [2.45, 2.75) is 20.3 Å². The van der Waals surface area contributed by atoms with Crippen molar-refractivity contribution in [2.24, 2.45) is 0 Å². The van der Waals surface area contributed by atoms with Crippen LogP contribution in [0.3, 0.4) is 0 Å². The molecule has 3 aromatic rings. The first kappa shape index (κ1) is 18.3. The molecule has 0 spiro atoms. The highest BCUT2D eigenvalue weighted by Crippen LogP contribution is 2.14. The number of hydrogen-bond acceptors (Lipinski definition) is 5. The van der Waals surface area contributed by atoms with Gasteiger partial charge in [-0.15, -0.1) is 11.3 Å². The number of aryl methyl sites for hydroxylation is 2. The Labute approximate surface area is 159 Å². The maximum absolute atomic E-state index is 12.4. The topological polar surface area (TPSA) is 76.9 Å². The van der Waals surface area contributed by atoms with E-state index in [1.165, 1.54) is 6.07 Å². The Bertz CT molecular complexity index is 995. The monoisotopic (exact) mass is 388 g/mol. The molecule has 26 heavy (non-hydrogen) atoms. The average Bonchev–Trinajstić information content (AvgIpc) is 3.01. The SMILES string of the molecule is Cc1nc(CCNC(=O)c2nn(-c3ccc(Cl)cc3)c(C)cc2=O)cs1. The number of amides is 1. The van der Waals surface area contributed by atoms with E-state index in [1.54, 1.807) is 47.2 Å². The van der Waals surface area contributed by atoms with Crippen LogP contribution in [0.15, 0.2) is 40.5 Å². The Morgan fingerprint density at radius 3 is 2.65 bits per heavy atom. The van der Waals surface area contributed by atoms with Crippen molar-refractivity contribution in [2.75, 3.05) is 6.54 Å². The predicted octanol–water partition coefficient (Wildman–Crippen LogP) is 2.93. The number of nitrogens with one attached hydrogen (secondary N) is 1. The first-order valence-electron chi connectivity index (χ1n) is 8.00. The standard InChI is InChI=1S/C18H17ClN4O2S/c1-11-9-16(24)17(22-23(11)15-5-3-13(19)4-6-15)18(25)20-8-7-14-10-26-12(2)21-14/h3-6,9-10H,7-8H2,1-2H3,(H,20,25). The fraction of sp³-hybridized carbons (Fsp3) is 0.222. The Hall–Kier alpha value is -2.51. The molecule has 1 N–H and O–H groups in total. The lowest BCUT2D eigenvalue weighted by molar-refractivity contribution is 0.0946. The molecule has 134 valence electrons. The van der Waals surface area contributed by atoms with Crippen LogP contribution < -0.4 is 10.7 Å². The van der Waals surface area contributed by atoms with E-state index in [9.17, 15) is 9.59 Å². The number of carbonyl (C=O) groups is 1. The van der Waals surface area contributed by atoms with Gasteiger partial charge in [-0.2, -0.15) is 5.10 Å². The zero-order valence-electron chi connectivity index (χ0n) is 14.3. The van der Waals surface area contributed by atoms with Crippen molar-refractivity contribution >= 4 is 28.8 Å². The third kappa shape index (κ3) is 4.17. The van der Waals surface area contributed by atoms with E-state index in [2.05, 4.69) is 15.4 Å². The van der Waals surface area contributed by atoms with Gasteiger partial charge in [-0.3, -0.25) is 9.59 Å². The van der Waals surface area contributed by atoms with E-state index in [1.807, 2.05) is 12.3 Å². The highest BCUT2D eigenvalue weighted by Gasteiger charge is 2.15. The number of carbonyl (C=O) groups excluding carboxylic acids is 1. The van der Waals surface area contributed by atoms with Crippen LogP contribution in [-0.4, -0.2) is 27.2 Å². The smallest absolute Gasteiger partial charge is 0.275 e. The Morgan fingerprint density at radius 1 is 1.27 bits per heavy atom. The second-order valence-corrected chi connectivity index (χ2v) is 7.25. The van der Waals surface area contributed by atoms with Crippen molar-refractivity contribution in [1.29, 1.82) is 0 Å². The van der Waals surface area contributed by atoms with Gasteiger partial charge in [0.25, 0.3) is 5.91 Å². The number of nitrogens with zero attached hydrogens (tertiary/aromatic N) is 3. The van der Waals surface area contributed by atoms with Gasteiger partial charge in [0.1, 0.15) is 0 Å². The minimum absolute atomic E-state index is 0.139. The summed E-state index contributed by atoms with van der Waals surface area (Å²) >= 11 is 7.47. The fourth-order valence-corrected chi connectivity index (χ4v) is 3.23. The molecule has 0 atom stereocenters. The van der Waals surface area contributed by atoms with Crippen molar-refractivity contribution in [3.8, 4) is 5.69 Å². The number of benzene rings is 1. The van der Waals surface area contributed by atoms with Gasteiger partial charge in [0.05, 0.1) is 16.4 Å². The van der Waals surface area contributed by atoms with Crippen LogP contribution in [0.1, 0.15) is 26.9 Å². The van der Waals surface area contributed by atoms with Crippen molar-refractivity contribution in [1.82, 2.24) is 20.1 Å². The molecule has 0 saturated carbocycles. The lowest BCUT2D eigenvalue weighted by Crippen LogP contribution is -2.33. The molecule has 0 unspecified atom stereocenters. The maximum atomic E-state index is 12.4. The van der Waals surface area contributed by atoms with Gasteiger partial charge in [-0.05, 0) is 38.1 Å². The summed E-state index contributed by atoms with van der Waals surface area (Å²) in [5.41, 5.74) is 1.73. The molecule has 3 rings (SSSR count). The largest absolute Gasteiger partial charge is 0.350 e. The molecule has 2 aromatic heterocycles. The zero-order chi connectivity index (χ0) is 18.7. The number of thiazole rings is 1. The highest BCUT2D eigenvalue weighted by atomic mass is 35.5. The molecule has 0 saturated heterocycles. The molecule has 6 nitrogen and oxygen atoms in total. The number of hydrogen-bond donors (Lipinski definition) is 1. The molecule has 0 bridgehead atoms. The fourth-order valence-electron chi connectivity index (χ4n) is 2.46. The summed E-state index contributed by atoms with van der Waals surface area (Å²) in [6, 6.07) is 8.41. The second-order valence-electron chi connectivity index (χ2n) is 5.75. The Kier molecular flexibility index (Phi) is 5.49. The average molecular weight is 389 g/mol. The molecule has 2 heterocycles. The van der Waals surface area contributed by atoms with Crippen molar-refractivity contribution in [3.63, 3.8) is 0 Å². The van der Waals surface area contributed by atoms with Crippen LogP contribution in [0.25, 0.3) is 5.69 Å². The summed E-state index contributed by atoms with van der Waals surface area (Å²) in [6.45, 7) is 4.08. The summed E-state index contributed by atoms with van der Waals surface area (Å²) in [6.07, 6.45) is 0.604. The molecule has 0 aliphatic heterocycles. The maximum Gasteiger partial charge on any atom is 0.275 e. The third-order valence-electron chi connectivity index (χ3n) is 3.73. The normalized spacial score (nSPS) is 10.7. The predicted molar refractivity (Wildman–Crippen MR) is 102 cm³/mol. The van der Waals surface area contributed by atoms with Gasteiger partial charge in [-0.1, -0.05) is 11.6 Å². The number of rotatable bonds is 5. The van der Waals surface area contributed by atoms with E-state index in [-0.39, 0.29) is 5.69 Å². The Morgan fingerprint density at radius 2 is 2.00 bits per heavy atom. The van der Waals surface area contributed by atoms with Gasteiger partial charge in [0.2, 0.25) is 5.43 Å². The first-order valence-corrected chi connectivity index (χ1v) is 9.26. The third-order valence-corrected chi connectivity index (χ3v) is 4.80. The highest BCUT2D eigenvalue weighted by molar-refractivity contribution is 7.09. The minimum atomic E-state index is -0.496. The molecule has 0 aliphatic rings. The van der Waals surface area contributed by atoms with Crippen LogP contribution in [0.5, 0.6) is 0 Å². The van der Waals surface area contributed by atoms with E-state index in [0.29, 0.717) is 23.7 Å². The van der Waals surface area contributed by atoms with E-state index >= 15 is 0 Å². The molecule has 8 heteroatoms. The Balaban J connectivity index is 1.78. The molecular weight excluding hydrogens is 372 g/mol. The van der Waals surface area contributed by atoms with Gasteiger partial charge in [0, 0.05) is 35.1 Å². The molecule has 0 radical (unpaired) electrons. The van der Waals surface area contributed by atoms with E-state index in [4.69, 9.17) is 11.6 Å². The second kappa shape index (κ2) is 7.80. The molecule has 0 fully saturated rings. The summed E-state index contributed by atoms with van der Waals surface area (Å²) in [5, 5.41) is 10.5. The zero-order valence-corrected chi connectivity index (χ0v) is 15.9. The lowest BCUT2D eigenvalue weighted by atomic mass is 10.2. The van der Waals surface area contributed by atoms with Crippen molar-refractivity contribution < 1.29 is 4.79 Å². The summed E-state index contributed by atoms with van der Waals surface area (Å²) in [5.74, 6) is -0.496. The van der Waals surface area contributed by atoms with Gasteiger partial charge >= 0.3 is 0 Å². The van der Waals surface area contributed by atoms with Crippen LogP contribution in [0, 0.1) is 13.8 Å². The number of aromatic nitrogens is 3. The van der Waals surface area contributed by atoms with Gasteiger partial charge < -0.3 is 5.32 Å². The number of halogens is 1. The van der Waals surface area contributed by atoms with Crippen LogP contribution in [-0.2, 0) is 6.42 Å².